The van der Waals surface area contributed by atoms with Gasteiger partial charge in [-0.3, -0.25) is 0 Å². The minimum absolute atomic E-state index is 0.0169. The molecule has 1 atom stereocenters. The van der Waals surface area contributed by atoms with Gasteiger partial charge in [0.15, 0.2) is 0 Å². The largest absolute Gasteiger partial charge is 0.396 e. The van der Waals surface area contributed by atoms with Crippen LogP contribution in [0.4, 0.5) is 0 Å². The molecule has 2 N–H and O–H groups in total. The molecular formula is C13H29NO. The molecule has 0 aliphatic rings. The molecule has 0 aromatic heterocycles. The number of aliphatic hydroxyl groups excluding tert-OH is 1. The maximum absolute atomic E-state index is 9.12. The summed E-state index contributed by atoms with van der Waals surface area (Å²) in [6, 6.07) is 0. The van der Waals surface area contributed by atoms with Crippen molar-refractivity contribution < 1.29 is 5.11 Å². The Morgan fingerprint density at radius 1 is 1.27 bits per heavy atom. The minimum Gasteiger partial charge on any atom is -0.396 e. The minimum atomic E-state index is 0.0169. The van der Waals surface area contributed by atoms with Crippen LogP contribution in [0.1, 0.15) is 53.4 Å². The molecule has 2 nitrogen and oxygen atoms in total. The zero-order chi connectivity index (χ0) is 11.7. The maximum atomic E-state index is 9.12. The average Bonchev–Trinajstić information content (AvgIpc) is 2.23. The summed E-state index contributed by atoms with van der Waals surface area (Å²) < 4.78 is 0. The lowest BCUT2D eigenvalue weighted by atomic mass is 9.94. The van der Waals surface area contributed by atoms with E-state index < -0.39 is 0 Å². The quantitative estimate of drug-likeness (QED) is 0.620. The van der Waals surface area contributed by atoms with E-state index in [9.17, 15) is 0 Å². The molecule has 2 heteroatoms. The van der Waals surface area contributed by atoms with Gasteiger partial charge in [0.2, 0.25) is 0 Å². The van der Waals surface area contributed by atoms with Crippen molar-refractivity contribution in [3.63, 3.8) is 0 Å². The van der Waals surface area contributed by atoms with Gasteiger partial charge in [0.05, 0.1) is 0 Å². The highest BCUT2D eigenvalue weighted by atomic mass is 16.3. The lowest BCUT2D eigenvalue weighted by Crippen LogP contribution is -2.34. The SMILES string of the molecule is CCCCC(CC)CNCC(C)(C)CO. The number of hydrogen-bond donors (Lipinski definition) is 2. The van der Waals surface area contributed by atoms with E-state index in [-0.39, 0.29) is 12.0 Å². The Bertz CT molecular complexity index is 145. The van der Waals surface area contributed by atoms with Crippen LogP contribution in [-0.2, 0) is 0 Å². The summed E-state index contributed by atoms with van der Waals surface area (Å²) in [5.41, 5.74) is 0.0169. The molecule has 0 saturated carbocycles. The third kappa shape index (κ3) is 7.80. The Hall–Kier alpha value is -0.0800. The van der Waals surface area contributed by atoms with Crippen molar-refractivity contribution in [3.05, 3.63) is 0 Å². The number of rotatable bonds is 9. The van der Waals surface area contributed by atoms with Crippen molar-refractivity contribution >= 4 is 0 Å². The molecule has 0 fully saturated rings. The molecule has 0 aliphatic heterocycles. The summed E-state index contributed by atoms with van der Waals surface area (Å²) in [6.45, 7) is 11.0. The highest BCUT2D eigenvalue weighted by Gasteiger charge is 2.16. The van der Waals surface area contributed by atoms with Gasteiger partial charge in [-0.1, -0.05) is 47.0 Å². The summed E-state index contributed by atoms with van der Waals surface area (Å²) >= 11 is 0. The van der Waals surface area contributed by atoms with Crippen molar-refractivity contribution in [2.45, 2.75) is 53.4 Å². The first-order chi connectivity index (χ1) is 7.05. The first-order valence-corrected chi connectivity index (χ1v) is 6.37. The summed E-state index contributed by atoms with van der Waals surface area (Å²) in [5, 5.41) is 12.6. The van der Waals surface area contributed by atoms with Gasteiger partial charge in [-0.2, -0.15) is 0 Å². The smallest absolute Gasteiger partial charge is 0.0494 e. The van der Waals surface area contributed by atoms with Gasteiger partial charge in [-0.15, -0.1) is 0 Å². The standard InChI is InChI=1S/C13H29NO/c1-5-7-8-12(6-2)9-14-10-13(3,4)11-15/h12,14-15H,5-11H2,1-4H3. The van der Waals surface area contributed by atoms with Crippen LogP contribution in [-0.4, -0.2) is 24.8 Å². The molecule has 0 heterocycles. The van der Waals surface area contributed by atoms with Crippen LogP contribution >= 0.6 is 0 Å². The second-order valence-corrected chi connectivity index (χ2v) is 5.37. The van der Waals surface area contributed by atoms with Crippen LogP contribution in [0.3, 0.4) is 0 Å². The van der Waals surface area contributed by atoms with Gasteiger partial charge in [-0.05, 0) is 18.9 Å². The van der Waals surface area contributed by atoms with E-state index in [1.807, 2.05) is 0 Å². The molecule has 0 aromatic rings. The number of unbranched alkanes of at least 4 members (excludes halogenated alkanes) is 1. The lowest BCUT2D eigenvalue weighted by molar-refractivity contribution is 0.155. The van der Waals surface area contributed by atoms with Crippen LogP contribution < -0.4 is 5.32 Å². The normalized spacial score (nSPS) is 14.2. The molecule has 0 rings (SSSR count). The molecule has 0 bridgehead atoms. The molecule has 0 aromatic carbocycles. The third-order valence-electron chi connectivity index (χ3n) is 3.01. The predicted molar refractivity (Wildman–Crippen MR) is 67.0 cm³/mol. The highest BCUT2D eigenvalue weighted by Crippen LogP contribution is 2.14. The monoisotopic (exact) mass is 215 g/mol. The van der Waals surface area contributed by atoms with E-state index in [1.54, 1.807) is 0 Å². The highest BCUT2D eigenvalue weighted by molar-refractivity contribution is 4.71. The summed E-state index contributed by atoms with van der Waals surface area (Å²) in [6.07, 6.45) is 5.22. The maximum Gasteiger partial charge on any atom is 0.0494 e. The third-order valence-corrected chi connectivity index (χ3v) is 3.01. The van der Waals surface area contributed by atoms with E-state index in [4.69, 9.17) is 5.11 Å². The van der Waals surface area contributed by atoms with Gasteiger partial charge in [0, 0.05) is 18.6 Å². The summed E-state index contributed by atoms with van der Waals surface area (Å²) in [7, 11) is 0. The zero-order valence-electron chi connectivity index (χ0n) is 11.0. The van der Waals surface area contributed by atoms with Crippen molar-refractivity contribution in [2.75, 3.05) is 19.7 Å². The number of nitrogens with one attached hydrogen (secondary N) is 1. The van der Waals surface area contributed by atoms with E-state index in [0.29, 0.717) is 0 Å². The van der Waals surface area contributed by atoms with Crippen LogP contribution in [0, 0.1) is 11.3 Å². The van der Waals surface area contributed by atoms with Crippen LogP contribution in [0.25, 0.3) is 0 Å². The molecule has 0 radical (unpaired) electrons. The van der Waals surface area contributed by atoms with E-state index in [2.05, 4.69) is 33.0 Å². The number of aliphatic hydroxyl groups is 1. The Labute approximate surface area is 95.5 Å². The Morgan fingerprint density at radius 2 is 1.93 bits per heavy atom. The number of hydrogen-bond acceptors (Lipinski definition) is 2. The Balaban J connectivity index is 3.62. The fraction of sp³-hybridized carbons (Fsp3) is 1.00. The first kappa shape index (κ1) is 14.9. The second-order valence-electron chi connectivity index (χ2n) is 5.37. The van der Waals surface area contributed by atoms with Crippen molar-refractivity contribution in [1.29, 1.82) is 0 Å². The molecule has 0 spiro atoms. The topological polar surface area (TPSA) is 32.3 Å². The summed E-state index contributed by atoms with van der Waals surface area (Å²) in [4.78, 5) is 0. The second kappa shape index (κ2) is 8.12. The van der Waals surface area contributed by atoms with Crippen molar-refractivity contribution in [3.8, 4) is 0 Å². The predicted octanol–water partition coefficient (Wildman–Crippen LogP) is 2.81. The van der Waals surface area contributed by atoms with Crippen molar-refractivity contribution in [2.24, 2.45) is 11.3 Å². The van der Waals surface area contributed by atoms with Gasteiger partial charge in [0.1, 0.15) is 0 Å². The van der Waals surface area contributed by atoms with E-state index in [0.717, 1.165) is 19.0 Å². The van der Waals surface area contributed by atoms with Gasteiger partial charge >= 0.3 is 0 Å². The molecule has 0 amide bonds. The fourth-order valence-electron chi connectivity index (χ4n) is 1.61. The van der Waals surface area contributed by atoms with E-state index >= 15 is 0 Å². The van der Waals surface area contributed by atoms with Crippen LogP contribution in [0.15, 0.2) is 0 Å². The first-order valence-electron chi connectivity index (χ1n) is 6.37. The molecule has 0 saturated heterocycles. The van der Waals surface area contributed by atoms with Crippen LogP contribution in [0.5, 0.6) is 0 Å². The summed E-state index contributed by atoms with van der Waals surface area (Å²) in [5.74, 6) is 0.805. The lowest BCUT2D eigenvalue weighted by Gasteiger charge is -2.24. The molecule has 15 heavy (non-hydrogen) atoms. The average molecular weight is 215 g/mol. The van der Waals surface area contributed by atoms with Gasteiger partial charge in [-0.25, -0.2) is 0 Å². The Kier molecular flexibility index (Phi) is 8.07. The van der Waals surface area contributed by atoms with Crippen LogP contribution in [0.2, 0.25) is 0 Å². The van der Waals surface area contributed by atoms with Gasteiger partial charge < -0.3 is 10.4 Å². The molecular weight excluding hydrogens is 186 g/mol. The molecule has 0 aliphatic carbocycles. The molecule has 92 valence electrons. The molecule has 1 unspecified atom stereocenters. The van der Waals surface area contributed by atoms with Gasteiger partial charge in [0.25, 0.3) is 0 Å². The Morgan fingerprint density at radius 3 is 2.40 bits per heavy atom. The zero-order valence-corrected chi connectivity index (χ0v) is 11.0. The fourth-order valence-corrected chi connectivity index (χ4v) is 1.61. The van der Waals surface area contributed by atoms with E-state index in [1.165, 1.54) is 25.7 Å². The van der Waals surface area contributed by atoms with Crippen molar-refractivity contribution in [1.82, 2.24) is 5.32 Å².